The standard InChI is InChI=1S/C31H52O4/c1-4-7-10-13-14-17-18-21-27-24-25-28(34-30(32)22-19-15-11-8-5-2)29(26-27)35-31(33)23-20-16-12-9-6-3/h24-26H,4-23H2,1-3H3. The highest BCUT2D eigenvalue weighted by Gasteiger charge is 2.15. The lowest BCUT2D eigenvalue weighted by atomic mass is 10.0. The molecule has 0 aliphatic carbocycles. The number of hydrogen-bond donors (Lipinski definition) is 0. The molecule has 0 aliphatic heterocycles. The van der Waals surface area contributed by atoms with Crippen LogP contribution in [0, 0.1) is 0 Å². The topological polar surface area (TPSA) is 52.6 Å². The molecule has 35 heavy (non-hydrogen) atoms. The van der Waals surface area contributed by atoms with E-state index in [4.69, 9.17) is 9.47 Å². The van der Waals surface area contributed by atoms with Gasteiger partial charge in [0.2, 0.25) is 0 Å². The number of rotatable bonds is 22. The van der Waals surface area contributed by atoms with Crippen LogP contribution in [0.4, 0.5) is 0 Å². The summed E-state index contributed by atoms with van der Waals surface area (Å²) in [5.74, 6) is 0.263. The number of carbonyl (C=O) groups excluding carboxylic acids is 2. The zero-order valence-electron chi connectivity index (χ0n) is 23.0. The SMILES string of the molecule is CCCCCCCCCc1ccc(OC(=O)CCCCCCC)c(OC(=O)CCCCCCC)c1. The Labute approximate surface area is 215 Å². The third kappa shape index (κ3) is 16.5. The van der Waals surface area contributed by atoms with Crippen LogP contribution in [0.3, 0.4) is 0 Å². The molecule has 1 rings (SSSR count). The van der Waals surface area contributed by atoms with Crippen molar-refractivity contribution in [2.45, 2.75) is 149 Å². The Morgan fingerprint density at radius 1 is 0.543 bits per heavy atom. The zero-order valence-corrected chi connectivity index (χ0v) is 23.0. The van der Waals surface area contributed by atoms with E-state index in [1.165, 1.54) is 64.2 Å². The van der Waals surface area contributed by atoms with Crippen LogP contribution in [-0.2, 0) is 16.0 Å². The van der Waals surface area contributed by atoms with Gasteiger partial charge in [0.05, 0.1) is 0 Å². The Bertz CT molecular complexity index is 683. The molecule has 4 heteroatoms. The molecule has 0 amide bonds. The van der Waals surface area contributed by atoms with E-state index < -0.39 is 0 Å². The van der Waals surface area contributed by atoms with Gasteiger partial charge in [-0.25, -0.2) is 0 Å². The predicted molar refractivity (Wildman–Crippen MR) is 146 cm³/mol. The first-order chi connectivity index (χ1) is 17.1. The Hall–Kier alpha value is -1.84. The zero-order chi connectivity index (χ0) is 25.6. The van der Waals surface area contributed by atoms with Gasteiger partial charge in [0.25, 0.3) is 0 Å². The van der Waals surface area contributed by atoms with E-state index in [9.17, 15) is 9.59 Å². The monoisotopic (exact) mass is 488 g/mol. The fourth-order valence-electron chi connectivity index (χ4n) is 4.25. The summed E-state index contributed by atoms with van der Waals surface area (Å²) >= 11 is 0. The molecule has 0 radical (unpaired) electrons. The first kappa shape index (κ1) is 31.2. The highest BCUT2D eigenvalue weighted by atomic mass is 16.6. The number of esters is 2. The molecule has 1 aromatic carbocycles. The molecular formula is C31H52O4. The highest BCUT2D eigenvalue weighted by Crippen LogP contribution is 2.30. The van der Waals surface area contributed by atoms with Crippen molar-refractivity contribution in [2.24, 2.45) is 0 Å². The second kappa shape index (κ2) is 21.4. The average molecular weight is 489 g/mol. The maximum atomic E-state index is 12.5. The summed E-state index contributed by atoms with van der Waals surface area (Å²) in [6.07, 6.45) is 21.4. The molecule has 1 aromatic rings. The van der Waals surface area contributed by atoms with Crippen molar-refractivity contribution < 1.29 is 19.1 Å². The van der Waals surface area contributed by atoms with E-state index in [1.54, 1.807) is 6.07 Å². The van der Waals surface area contributed by atoms with Gasteiger partial charge in [0, 0.05) is 12.8 Å². The van der Waals surface area contributed by atoms with Crippen molar-refractivity contribution in [3.8, 4) is 11.5 Å². The Morgan fingerprint density at radius 2 is 0.971 bits per heavy atom. The first-order valence-electron chi connectivity index (χ1n) is 14.6. The summed E-state index contributed by atoms with van der Waals surface area (Å²) in [7, 11) is 0. The number of aryl methyl sites for hydroxylation is 1. The molecule has 0 fully saturated rings. The largest absolute Gasteiger partial charge is 0.423 e. The van der Waals surface area contributed by atoms with E-state index in [0.717, 1.165) is 56.9 Å². The van der Waals surface area contributed by atoms with Crippen LogP contribution in [0.25, 0.3) is 0 Å². The van der Waals surface area contributed by atoms with Crippen molar-refractivity contribution in [1.29, 1.82) is 0 Å². The minimum absolute atomic E-state index is 0.244. The molecule has 0 N–H and O–H groups in total. The molecule has 200 valence electrons. The minimum atomic E-state index is -0.252. The van der Waals surface area contributed by atoms with Crippen LogP contribution in [0.2, 0.25) is 0 Å². The normalized spacial score (nSPS) is 10.9. The maximum Gasteiger partial charge on any atom is 0.311 e. The lowest BCUT2D eigenvalue weighted by Crippen LogP contribution is -2.12. The molecule has 0 bridgehead atoms. The summed E-state index contributed by atoms with van der Waals surface area (Å²) < 4.78 is 11.3. The van der Waals surface area contributed by atoms with Crippen LogP contribution < -0.4 is 9.47 Å². The van der Waals surface area contributed by atoms with Crippen LogP contribution >= 0.6 is 0 Å². The van der Waals surface area contributed by atoms with E-state index in [0.29, 0.717) is 24.3 Å². The summed E-state index contributed by atoms with van der Waals surface area (Å²) in [4.78, 5) is 24.9. The third-order valence-electron chi connectivity index (χ3n) is 6.49. The van der Waals surface area contributed by atoms with Gasteiger partial charge in [0.15, 0.2) is 11.5 Å². The van der Waals surface area contributed by atoms with Gasteiger partial charge in [-0.15, -0.1) is 0 Å². The molecule has 0 aliphatic rings. The molecule has 0 heterocycles. The lowest BCUT2D eigenvalue weighted by molar-refractivity contribution is -0.137. The van der Waals surface area contributed by atoms with Gasteiger partial charge in [-0.1, -0.05) is 117 Å². The van der Waals surface area contributed by atoms with Crippen LogP contribution in [0.15, 0.2) is 18.2 Å². The smallest absolute Gasteiger partial charge is 0.311 e. The van der Waals surface area contributed by atoms with Gasteiger partial charge in [0.1, 0.15) is 0 Å². The number of ether oxygens (including phenoxy) is 2. The van der Waals surface area contributed by atoms with Crippen LogP contribution in [0.5, 0.6) is 11.5 Å². The van der Waals surface area contributed by atoms with E-state index in [1.807, 2.05) is 12.1 Å². The third-order valence-corrected chi connectivity index (χ3v) is 6.49. The van der Waals surface area contributed by atoms with E-state index >= 15 is 0 Å². The summed E-state index contributed by atoms with van der Waals surface area (Å²) in [5, 5.41) is 0. The van der Waals surface area contributed by atoms with Gasteiger partial charge in [-0.3, -0.25) is 9.59 Å². The van der Waals surface area contributed by atoms with Crippen LogP contribution in [-0.4, -0.2) is 11.9 Å². The second-order valence-corrected chi connectivity index (χ2v) is 9.93. The van der Waals surface area contributed by atoms with Crippen molar-refractivity contribution in [3.63, 3.8) is 0 Å². The Morgan fingerprint density at radius 3 is 1.49 bits per heavy atom. The van der Waals surface area contributed by atoms with Crippen molar-refractivity contribution >= 4 is 11.9 Å². The molecule has 0 saturated carbocycles. The first-order valence-corrected chi connectivity index (χ1v) is 14.6. The molecule has 0 spiro atoms. The summed E-state index contributed by atoms with van der Waals surface area (Å²) in [6.45, 7) is 6.60. The van der Waals surface area contributed by atoms with Crippen molar-refractivity contribution in [1.82, 2.24) is 0 Å². The predicted octanol–water partition coefficient (Wildman–Crippen LogP) is 9.51. The Balaban J connectivity index is 2.64. The number of carbonyl (C=O) groups is 2. The van der Waals surface area contributed by atoms with Crippen LogP contribution in [0.1, 0.15) is 148 Å². The molecule has 0 saturated heterocycles. The fraction of sp³-hybridized carbons (Fsp3) is 0.742. The van der Waals surface area contributed by atoms with E-state index in [-0.39, 0.29) is 11.9 Å². The summed E-state index contributed by atoms with van der Waals surface area (Å²) in [6, 6.07) is 5.70. The fourth-order valence-corrected chi connectivity index (χ4v) is 4.25. The highest BCUT2D eigenvalue weighted by molar-refractivity contribution is 5.76. The van der Waals surface area contributed by atoms with Crippen molar-refractivity contribution in [3.05, 3.63) is 23.8 Å². The van der Waals surface area contributed by atoms with E-state index in [2.05, 4.69) is 20.8 Å². The van der Waals surface area contributed by atoms with Gasteiger partial charge < -0.3 is 9.47 Å². The average Bonchev–Trinajstić information content (AvgIpc) is 2.84. The second-order valence-electron chi connectivity index (χ2n) is 9.93. The minimum Gasteiger partial charge on any atom is -0.423 e. The maximum absolute atomic E-state index is 12.5. The molecule has 4 nitrogen and oxygen atoms in total. The number of unbranched alkanes of at least 4 members (excludes halogenated alkanes) is 14. The summed E-state index contributed by atoms with van der Waals surface area (Å²) in [5.41, 5.74) is 1.13. The molecule has 0 atom stereocenters. The molecule has 0 unspecified atom stereocenters. The Kier molecular flexibility index (Phi) is 19.1. The number of benzene rings is 1. The van der Waals surface area contributed by atoms with Crippen molar-refractivity contribution in [2.75, 3.05) is 0 Å². The van der Waals surface area contributed by atoms with Gasteiger partial charge in [-0.05, 0) is 43.4 Å². The molecular weight excluding hydrogens is 436 g/mol. The lowest BCUT2D eigenvalue weighted by Gasteiger charge is -2.13. The number of hydrogen-bond acceptors (Lipinski definition) is 4. The van der Waals surface area contributed by atoms with Gasteiger partial charge in [-0.2, -0.15) is 0 Å². The molecule has 0 aromatic heterocycles. The quantitative estimate of drug-likeness (QED) is 0.0926. The van der Waals surface area contributed by atoms with Gasteiger partial charge >= 0.3 is 11.9 Å².